The zero-order valence-corrected chi connectivity index (χ0v) is 7.10. The topological polar surface area (TPSA) is 26.0 Å². The van der Waals surface area contributed by atoms with Crippen molar-refractivity contribution in [3.63, 3.8) is 0 Å². The molecule has 0 amide bonds. The minimum Gasteiger partial charge on any atom is -0.326 e. The van der Waals surface area contributed by atoms with Gasteiger partial charge in [0.05, 0.1) is 0 Å². The Morgan fingerprint density at radius 1 is 1.58 bits per heavy atom. The fraction of sp³-hybridized carbons (Fsp3) is 0.200. The lowest BCUT2D eigenvalue weighted by molar-refractivity contribution is 0.621. The quantitative estimate of drug-likeness (QED) is 0.715. The third-order valence-electron chi connectivity index (χ3n) is 1.73. The van der Waals surface area contributed by atoms with E-state index in [-0.39, 0.29) is 5.82 Å². The maximum Gasteiger partial charge on any atom is 0.130 e. The maximum atomic E-state index is 13.2. The second kappa shape index (κ2) is 3.50. The van der Waals surface area contributed by atoms with Crippen molar-refractivity contribution in [1.82, 2.24) is 0 Å². The van der Waals surface area contributed by atoms with Gasteiger partial charge in [0.25, 0.3) is 0 Å². The van der Waals surface area contributed by atoms with Crippen LogP contribution in [0.3, 0.4) is 0 Å². The molecular formula is C10H12FN. The van der Waals surface area contributed by atoms with E-state index in [1.807, 2.05) is 6.07 Å². The molecule has 0 radical (unpaired) electrons. The second-order valence-electron chi connectivity index (χ2n) is 2.80. The van der Waals surface area contributed by atoms with Gasteiger partial charge >= 0.3 is 0 Å². The molecule has 12 heavy (non-hydrogen) atoms. The second-order valence-corrected chi connectivity index (χ2v) is 2.80. The molecule has 0 spiro atoms. The van der Waals surface area contributed by atoms with E-state index in [0.29, 0.717) is 12.1 Å². The predicted molar refractivity (Wildman–Crippen MR) is 49.0 cm³/mol. The molecule has 0 saturated heterocycles. The number of allylic oxidation sites excluding steroid dienone is 1. The largest absolute Gasteiger partial charge is 0.326 e. The van der Waals surface area contributed by atoms with Crippen molar-refractivity contribution in [2.75, 3.05) is 0 Å². The average molecular weight is 165 g/mol. The zero-order chi connectivity index (χ0) is 9.14. The summed E-state index contributed by atoms with van der Waals surface area (Å²) < 4.78 is 13.2. The normalized spacial score (nSPS) is 9.92. The van der Waals surface area contributed by atoms with E-state index >= 15 is 0 Å². The summed E-state index contributed by atoms with van der Waals surface area (Å²) in [5, 5.41) is 0. The Bertz CT molecular complexity index is 305. The highest BCUT2D eigenvalue weighted by Gasteiger charge is 2.02. The van der Waals surface area contributed by atoms with Crippen LogP contribution >= 0.6 is 0 Å². The van der Waals surface area contributed by atoms with Crippen LogP contribution in [0.15, 0.2) is 24.8 Å². The van der Waals surface area contributed by atoms with Crippen LogP contribution in [-0.2, 0) is 6.54 Å². The summed E-state index contributed by atoms with van der Waals surface area (Å²) in [6, 6.07) is 4.97. The molecule has 0 aliphatic rings. The van der Waals surface area contributed by atoms with Crippen molar-refractivity contribution in [2.24, 2.45) is 5.73 Å². The number of rotatable bonds is 2. The number of hydrogen-bond donors (Lipinski definition) is 1. The lowest BCUT2D eigenvalue weighted by Crippen LogP contribution is -1.97. The molecule has 2 heteroatoms. The Morgan fingerprint density at radius 2 is 2.25 bits per heavy atom. The van der Waals surface area contributed by atoms with Gasteiger partial charge in [-0.15, -0.1) is 0 Å². The van der Waals surface area contributed by atoms with Gasteiger partial charge in [-0.3, -0.25) is 0 Å². The highest BCUT2D eigenvalue weighted by molar-refractivity contribution is 5.62. The van der Waals surface area contributed by atoms with E-state index in [2.05, 4.69) is 6.58 Å². The van der Waals surface area contributed by atoms with Gasteiger partial charge in [-0.05, 0) is 24.1 Å². The minimum atomic E-state index is -0.245. The summed E-state index contributed by atoms with van der Waals surface area (Å²) in [5.74, 6) is -0.245. The number of hydrogen-bond acceptors (Lipinski definition) is 1. The predicted octanol–water partition coefficient (Wildman–Crippen LogP) is 2.32. The van der Waals surface area contributed by atoms with Gasteiger partial charge in [-0.1, -0.05) is 18.7 Å². The fourth-order valence-electron chi connectivity index (χ4n) is 1.03. The zero-order valence-electron chi connectivity index (χ0n) is 7.10. The van der Waals surface area contributed by atoms with Crippen molar-refractivity contribution in [3.8, 4) is 0 Å². The van der Waals surface area contributed by atoms with Crippen LogP contribution in [0.1, 0.15) is 18.1 Å². The molecular weight excluding hydrogens is 153 g/mol. The molecule has 2 N–H and O–H groups in total. The molecule has 64 valence electrons. The number of halogens is 1. The first-order valence-electron chi connectivity index (χ1n) is 3.79. The number of nitrogens with two attached hydrogens (primary N) is 1. The minimum absolute atomic E-state index is 0.245. The maximum absolute atomic E-state index is 13.2. The molecule has 1 rings (SSSR count). The van der Waals surface area contributed by atoms with Crippen LogP contribution in [0.4, 0.5) is 4.39 Å². The molecule has 1 aromatic carbocycles. The first kappa shape index (κ1) is 8.94. The van der Waals surface area contributed by atoms with Gasteiger partial charge in [0.2, 0.25) is 0 Å². The molecule has 0 aliphatic heterocycles. The van der Waals surface area contributed by atoms with Gasteiger partial charge in [-0.2, -0.15) is 0 Å². The highest BCUT2D eigenvalue weighted by Crippen LogP contribution is 2.16. The van der Waals surface area contributed by atoms with Crippen molar-refractivity contribution >= 4 is 5.57 Å². The molecule has 0 atom stereocenters. The van der Waals surface area contributed by atoms with Gasteiger partial charge in [0.15, 0.2) is 0 Å². The first-order valence-corrected chi connectivity index (χ1v) is 3.79. The van der Waals surface area contributed by atoms with Crippen LogP contribution in [0.25, 0.3) is 5.57 Å². The van der Waals surface area contributed by atoms with E-state index in [1.165, 1.54) is 6.07 Å². The molecule has 0 saturated carbocycles. The summed E-state index contributed by atoms with van der Waals surface area (Å²) in [4.78, 5) is 0. The van der Waals surface area contributed by atoms with E-state index < -0.39 is 0 Å². The lowest BCUT2D eigenvalue weighted by Gasteiger charge is -2.03. The smallest absolute Gasteiger partial charge is 0.130 e. The third kappa shape index (κ3) is 1.71. The third-order valence-corrected chi connectivity index (χ3v) is 1.73. The Morgan fingerprint density at radius 3 is 2.67 bits per heavy atom. The van der Waals surface area contributed by atoms with Gasteiger partial charge in [-0.25, -0.2) is 4.39 Å². The van der Waals surface area contributed by atoms with Crippen LogP contribution in [0.5, 0.6) is 0 Å². The summed E-state index contributed by atoms with van der Waals surface area (Å²) >= 11 is 0. The van der Waals surface area contributed by atoms with Crippen molar-refractivity contribution in [3.05, 3.63) is 41.7 Å². The SMILES string of the molecule is C=C(C)c1ccc(CN)cc1F. The number of benzene rings is 1. The summed E-state index contributed by atoms with van der Waals surface area (Å²) in [6.07, 6.45) is 0. The summed E-state index contributed by atoms with van der Waals surface area (Å²) in [6.45, 7) is 5.82. The summed E-state index contributed by atoms with van der Waals surface area (Å²) in [7, 11) is 0. The molecule has 0 bridgehead atoms. The van der Waals surface area contributed by atoms with Gasteiger partial charge < -0.3 is 5.73 Å². The van der Waals surface area contributed by atoms with Crippen LogP contribution in [0.2, 0.25) is 0 Å². The first-order chi connectivity index (χ1) is 5.65. The van der Waals surface area contributed by atoms with Crippen molar-refractivity contribution in [1.29, 1.82) is 0 Å². The molecule has 0 aliphatic carbocycles. The van der Waals surface area contributed by atoms with E-state index in [1.54, 1.807) is 13.0 Å². The Hall–Kier alpha value is -1.15. The van der Waals surface area contributed by atoms with Gasteiger partial charge in [0, 0.05) is 12.1 Å². The molecule has 0 fully saturated rings. The van der Waals surface area contributed by atoms with Crippen LogP contribution < -0.4 is 5.73 Å². The average Bonchev–Trinajstić information content (AvgIpc) is 2.03. The highest BCUT2D eigenvalue weighted by atomic mass is 19.1. The molecule has 0 aromatic heterocycles. The fourth-order valence-corrected chi connectivity index (χ4v) is 1.03. The Kier molecular flexibility index (Phi) is 2.61. The molecule has 1 aromatic rings. The molecule has 0 unspecified atom stereocenters. The van der Waals surface area contributed by atoms with Crippen LogP contribution in [0, 0.1) is 5.82 Å². The van der Waals surface area contributed by atoms with E-state index in [0.717, 1.165) is 11.1 Å². The van der Waals surface area contributed by atoms with E-state index in [9.17, 15) is 4.39 Å². The van der Waals surface area contributed by atoms with Crippen LogP contribution in [-0.4, -0.2) is 0 Å². The van der Waals surface area contributed by atoms with Crippen molar-refractivity contribution in [2.45, 2.75) is 13.5 Å². The monoisotopic (exact) mass is 165 g/mol. The molecule has 1 nitrogen and oxygen atoms in total. The van der Waals surface area contributed by atoms with Crippen molar-refractivity contribution < 1.29 is 4.39 Å². The molecule has 0 heterocycles. The van der Waals surface area contributed by atoms with Gasteiger partial charge in [0.1, 0.15) is 5.82 Å². The Balaban J connectivity index is 3.12. The van der Waals surface area contributed by atoms with E-state index in [4.69, 9.17) is 5.73 Å². The Labute approximate surface area is 71.7 Å². The lowest BCUT2D eigenvalue weighted by atomic mass is 10.1. The standard InChI is InChI=1S/C10H12FN/c1-7(2)9-4-3-8(6-12)5-10(9)11/h3-5H,1,6,12H2,2H3. The summed E-state index contributed by atoms with van der Waals surface area (Å²) in [5.41, 5.74) is 7.45.